The number of carbonyl (C=O) groups excluding carboxylic acids is 1. The molecule has 2 unspecified atom stereocenters. The lowest BCUT2D eigenvalue weighted by Crippen LogP contribution is -2.45. The van der Waals surface area contributed by atoms with Gasteiger partial charge in [-0.3, -0.25) is 4.79 Å². The maximum absolute atomic E-state index is 13.2. The number of rotatable bonds is 4. The van der Waals surface area contributed by atoms with Crippen LogP contribution in [0.1, 0.15) is 36.8 Å². The zero-order valence-corrected chi connectivity index (χ0v) is 14.4. The minimum absolute atomic E-state index is 0.232. The van der Waals surface area contributed by atoms with Gasteiger partial charge in [0.05, 0.1) is 4.90 Å². The van der Waals surface area contributed by atoms with Crippen LogP contribution in [-0.4, -0.2) is 19.7 Å². The predicted octanol–water partition coefficient (Wildman–Crippen LogP) is 3.04. The van der Waals surface area contributed by atoms with E-state index in [0.29, 0.717) is 0 Å². The Morgan fingerprint density at radius 1 is 1.08 bits per heavy atom. The summed E-state index contributed by atoms with van der Waals surface area (Å²) in [5.41, 5.74) is 2.20. The van der Waals surface area contributed by atoms with Crippen LogP contribution in [-0.2, 0) is 21.1 Å². The third-order valence-electron chi connectivity index (χ3n) is 4.53. The third kappa shape index (κ3) is 3.22. The molecular weight excluding hydrogens is 322 g/mol. The van der Waals surface area contributed by atoms with Gasteiger partial charge in [0, 0.05) is 12.8 Å². The van der Waals surface area contributed by atoms with Crippen LogP contribution in [0.2, 0.25) is 0 Å². The maximum Gasteiger partial charge on any atom is 0.217 e. The molecule has 0 fully saturated rings. The van der Waals surface area contributed by atoms with E-state index >= 15 is 0 Å². The first-order chi connectivity index (χ1) is 11.5. The minimum Gasteiger partial charge on any atom is -0.339 e. The SMILES string of the molecule is CC(=O)NC(C1CCCc2ccccc21)S(=O)(=O)c1ccccc1. The Labute approximate surface area is 142 Å². The van der Waals surface area contributed by atoms with Crippen molar-refractivity contribution in [1.29, 1.82) is 0 Å². The molecule has 1 aliphatic carbocycles. The molecule has 0 aromatic heterocycles. The van der Waals surface area contributed by atoms with Crippen LogP contribution in [0.5, 0.6) is 0 Å². The first-order valence-electron chi connectivity index (χ1n) is 8.14. The van der Waals surface area contributed by atoms with E-state index in [4.69, 9.17) is 0 Å². The van der Waals surface area contributed by atoms with E-state index in [2.05, 4.69) is 5.32 Å². The second-order valence-electron chi connectivity index (χ2n) is 6.18. The molecule has 126 valence electrons. The number of benzene rings is 2. The molecule has 0 spiro atoms. The van der Waals surface area contributed by atoms with Crippen LogP contribution in [0.3, 0.4) is 0 Å². The summed E-state index contributed by atoms with van der Waals surface area (Å²) >= 11 is 0. The van der Waals surface area contributed by atoms with Gasteiger partial charge in [-0.1, -0.05) is 42.5 Å². The smallest absolute Gasteiger partial charge is 0.217 e. The fourth-order valence-corrected chi connectivity index (χ4v) is 5.32. The molecule has 2 atom stereocenters. The molecule has 4 nitrogen and oxygen atoms in total. The summed E-state index contributed by atoms with van der Waals surface area (Å²) in [7, 11) is -3.67. The Morgan fingerprint density at radius 3 is 2.46 bits per heavy atom. The molecule has 24 heavy (non-hydrogen) atoms. The number of sulfone groups is 1. The topological polar surface area (TPSA) is 63.2 Å². The molecule has 0 bridgehead atoms. The summed E-state index contributed by atoms with van der Waals surface area (Å²) in [5, 5.41) is 1.76. The Bertz CT molecular complexity index is 831. The van der Waals surface area contributed by atoms with Crippen molar-refractivity contribution in [1.82, 2.24) is 5.32 Å². The van der Waals surface area contributed by atoms with Crippen LogP contribution in [0.15, 0.2) is 59.5 Å². The predicted molar refractivity (Wildman–Crippen MR) is 93.4 cm³/mol. The highest BCUT2D eigenvalue weighted by Crippen LogP contribution is 2.37. The van der Waals surface area contributed by atoms with Crippen molar-refractivity contribution in [3.8, 4) is 0 Å². The van der Waals surface area contributed by atoms with Gasteiger partial charge in [-0.2, -0.15) is 0 Å². The Balaban J connectivity index is 2.07. The lowest BCUT2D eigenvalue weighted by atomic mass is 9.82. The molecule has 0 radical (unpaired) electrons. The summed E-state index contributed by atoms with van der Waals surface area (Å²) in [6.07, 6.45) is 2.61. The van der Waals surface area contributed by atoms with E-state index in [9.17, 15) is 13.2 Å². The molecule has 2 aromatic carbocycles. The van der Waals surface area contributed by atoms with Gasteiger partial charge in [0.15, 0.2) is 9.84 Å². The summed E-state index contributed by atoms with van der Waals surface area (Å²) < 4.78 is 26.3. The first kappa shape index (κ1) is 16.7. The highest BCUT2D eigenvalue weighted by Gasteiger charge is 2.38. The van der Waals surface area contributed by atoms with Crippen LogP contribution in [0.25, 0.3) is 0 Å². The second kappa shape index (κ2) is 6.77. The molecule has 0 aliphatic heterocycles. The number of hydrogen-bond acceptors (Lipinski definition) is 3. The van der Waals surface area contributed by atoms with E-state index in [1.165, 1.54) is 12.5 Å². The van der Waals surface area contributed by atoms with Crippen LogP contribution in [0, 0.1) is 0 Å². The van der Waals surface area contributed by atoms with Gasteiger partial charge in [-0.25, -0.2) is 8.42 Å². The van der Waals surface area contributed by atoms with E-state index < -0.39 is 15.2 Å². The van der Waals surface area contributed by atoms with Gasteiger partial charge < -0.3 is 5.32 Å². The highest BCUT2D eigenvalue weighted by molar-refractivity contribution is 7.92. The van der Waals surface area contributed by atoms with Crippen molar-refractivity contribution in [2.75, 3.05) is 0 Å². The van der Waals surface area contributed by atoms with Crippen molar-refractivity contribution in [2.45, 2.75) is 42.4 Å². The van der Waals surface area contributed by atoms with Crippen molar-refractivity contribution in [3.05, 3.63) is 65.7 Å². The van der Waals surface area contributed by atoms with Crippen molar-refractivity contribution in [3.63, 3.8) is 0 Å². The first-order valence-corrected chi connectivity index (χ1v) is 9.68. The van der Waals surface area contributed by atoms with Crippen molar-refractivity contribution >= 4 is 15.7 Å². The summed E-state index contributed by atoms with van der Waals surface area (Å²) in [5.74, 6) is -0.563. The van der Waals surface area contributed by atoms with Crippen molar-refractivity contribution < 1.29 is 13.2 Å². The minimum atomic E-state index is -3.67. The number of nitrogens with one attached hydrogen (secondary N) is 1. The van der Waals surface area contributed by atoms with E-state index in [1.54, 1.807) is 30.3 Å². The highest BCUT2D eigenvalue weighted by atomic mass is 32.2. The number of amides is 1. The Morgan fingerprint density at radius 2 is 1.75 bits per heavy atom. The molecule has 1 aliphatic rings. The number of fused-ring (bicyclic) bond motifs is 1. The largest absolute Gasteiger partial charge is 0.339 e. The van der Waals surface area contributed by atoms with Gasteiger partial charge in [0.1, 0.15) is 5.37 Å². The summed E-state index contributed by atoms with van der Waals surface area (Å²) in [6, 6.07) is 16.3. The fourth-order valence-electron chi connectivity index (χ4n) is 3.46. The molecule has 5 heteroatoms. The molecule has 1 N–H and O–H groups in total. The van der Waals surface area contributed by atoms with Gasteiger partial charge in [0.2, 0.25) is 5.91 Å². The van der Waals surface area contributed by atoms with Crippen LogP contribution >= 0.6 is 0 Å². The average molecular weight is 343 g/mol. The summed E-state index contributed by atoms with van der Waals surface area (Å²) in [6.45, 7) is 1.36. The van der Waals surface area contributed by atoms with E-state index in [0.717, 1.165) is 24.8 Å². The molecular formula is C19H21NO3S. The van der Waals surface area contributed by atoms with Crippen LogP contribution < -0.4 is 5.32 Å². The molecule has 0 heterocycles. The lowest BCUT2D eigenvalue weighted by molar-refractivity contribution is -0.119. The average Bonchev–Trinajstić information content (AvgIpc) is 2.60. The zero-order chi connectivity index (χ0) is 17.2. The summed E-state index contributed by atoms with van der Waals surface area (Å²) in [4.78, 5) is 12.0. The maximum atomic E-state index is 13.2. The Hall–Kier alpha value is -2.14. The fraction of sp³-hybridized carbons (Fsp3) is 0.316. The van der Waals surface area contributed by atoms with Crippen molar-refractivity contribution in [2.24, 2.45) is 0 Å². The van der Waals surface area contributed by atoms with E-state index in [1.807, 2.05) is 24.3 Å². The van der Waals surface area contributed by atoms with Gasteiger partial charge in [0.25, 0.3) is 0 Å². The molecule has 1 amide bonds. The monoisotopic (exact) mass is 343 g/mol. The quantitative estimate of drug-likeness (QED) is 0.928. The third-order valence-corrected chi connectivity index (χ3v) is 6.58. The molecule has 2 aromatic rings. The lowest BCUT2D eigenvalue weighted by Gasteiger charge is -2.32. The number of hydrogen-bond donors (Lipinski definition) is 1. The Kier molecular flexibility index (Phi) is 4.71. The molecule has 0 saturated heterocycles. The van der Waals surface area contributed by atoms with Gasteiger partial charge >= 0.3 is 0 Å². The molecule has 3 rings (SSSR count). The number of aryl methyl sites for hydroxylation is 1. The molecule has 0 saturated carbocycles. The van der Waals surface area contributed by atoms with Gasteiger partial charge in [-0.15, -0.1) is 0 Å². The van der Waals surface area contributed by atoms with Gasteiger partial charge in [-0.05, 0) is 42.5 Å². The second-order valence-corrected chi connectivity index (χ2v) is 8.25. The van der Waals surface area contributed by atoms with Crippen LogP contribution in [0.4, 0.5) is 0 Å². The number of carbonyl (C=O) groups is 1. The normalized spacial score (nSPS) is 18.5. The standard InChI is InChI=1S/C19H21NO3S/c1-14(21)20-19(24(22,23)16-10-3-2-4-11-16)18-13-7-9-15-8-5-6-12-17(15)18/h2-6,8,10-12,18-19H,7,9,13H2,1H3,(H,20,21). The van der Waals surface area contributed by atoms with E-state index in [-0.39, 0.29) is 16.7 Å². The zero-order valence-electron chi connectivity index (χ0n) is 13.6.